The maximum atomic E-state index is 11.6. The molecule has 1 N–H and O–H groups in total. The third-order valence-electron chi connectivity index (χ3n) is 2.37. The van der Waals surface area contributed by atoms with E-state index in [1.807, 2.05) is 18.2 Å². The Labute approximate surface area is 116 Å². The molecule has 92 valence electrons. The van der Waals surface area contributed by atoms with Crippen LogP contribution in [0.15, 0.2) is 35.3 Å². The topological polar surface area (TPSA) is 72.2 Å². The Hall–Kier alpha value is -1.70. The number of halogens is 1. The molecule has 2 aromatic rings. The monoisotopic (exact) mass is 356 g/mol. The maximum Gasteiger partial charge on any atom is 0.360 e. The predicted octanol–water partition coefficient (Wildman–Crippen LogP) is 1.84. The van der Waals surface area contributed by atoms with E-state index in [0.29, 0.717) is 11.3 Å². The van der Waals surface area contributed by atoms with E-state index < -0.39 is 17.1 Å². The van der Waals surface area contributed by atoms with Gasteiger partial charge in [-0.15, -0.1) is 0 Å². The fourth-order valence-electron chi connectivity index (χ4n) is 1.50. The molecule has 0 atom stereocenters. The smallest absolute Gasteiger partial charge is 0.360 e. The molecule has 0 spiro atoms. The standard InChI is InChI=1S/C12H9IN2O3/c1-7-6-15(9-4-2-3-8(13)5-9)14-10(11(7)16)12(17)18/h2-6H,1H3,(H,17,18). The predicted molar refractivity (Wildman–Crippen MR) is 74.2 cm³/mol. The number of hydrogen-bond acceptors (Lipinski definition) is 3. The second-order valence-electron chi connectivity index (χ2n) is 3.72. The van der Waals surface area contributed by atoms with Crippen LogP contribution in [0.2, 0.25) is 0 Å². The molecule has 0 aliphatic carbocycles. The average Bonchev–Trinajstić information content (AvgIpc) is 2.32. The van der Waals surface area contributed by atoms with Crippen molar-refractivity contribution in [2.45, 2.75) is 6.92 Å². The molecule has 18 heavy (non-hydrogen) atoms. The van der Waals surface area contributed by atoms with Crippen molar-refractivity contribution in [3.63, 3.8) is 0 Å². The Morgan fingerprint density at radius 1 is 1.44 bits per heavy atom. The van der Waals surface area contributed by atoms with Crippen molar-refractivity contribution in [1.29, 1.82) is 0 Å². The summed E-state index contributed by atoms with van der Waals surface area (Å²) in [5.74, 6) is -1.32. The van der Waals surface area contributed by atoms with Crippen molar-refractivity contribution in [1.82, 2.24) is 9.78 Å². The number of carboxylic acids is 1. The average molecular weight is 356 g/mol. The Kier molecular flexibility index (Phi) is 3.46. The maximum absolute atomic E-state index is 11.6. The first-order valence-corrected chi connectivity index (χ1v) is 6.17. The summed E-state index contributed by atoms with van der Waals surface area (Å²) in [4.78, 5) is 22.5. The summed E-state index contributed by atoms with van der Waals surface area (Å²) in [6.07, 6.45) is 1.53. The lowest BCUT2D eigenvalue weighted by atomic mass is 10.2. The number of aryl methyl sites for hydroxylation is 1. The van der Waals surface area contributed by atoms with Crippen molar-refractivity contribution < 1.29 is 9.90 Å². The van der Waals surface area contributed by atoms with Crippen LogP contribution in [0.1, 0.15) is 16.1 Å². The molecule has 0 unspecified atom stereocenters. The molecule has 1 aromatic carbocycles. The van der Waals surface area contributed by atoms with E-state index in [1.165, 1.54) is 10.9 Å². The molecule has 0 saturated carbocycles. The summed E-state index contributed by atoms with van der Waals surface area (Å²) in [5.41, 5.74) is 0.0481. The first-order valence-electron chi connectivity index (χ1n) is 5.09. The SMILES string of the molecule is Cc1cn(-c2cccc(I)c2)nc(C(=O)O)c1=O. The van der Waals surface area contributed by atoms with E-state index in [-0.39, 0.29) is 0 Å². The first kappa shape index (κ1) is 12.7. The number of hydrogen-bond donors (Lipinski definition) is 1. The molecule has 1 heterocycles. The van der Waals surface area contributed by atoms with Crippen molar-refractivity contribution in [3.8, 4) is 5.69 Å². The molecule has 0 bridgehead atoms. The lowest BCUT2D eigenvalue weighted by Gasteiger charge is -2.07. The van der Waals surface area contributed by atoms with Crippen LogP contribution >= 0.6 is 22.6 Å². The van der Waals surface area contributed by atoms with Gasteiger partial charge in [0.2, 0.25) is 11.1 Å². The zero-order chi connectivity index (χ0) is 13.3. The van der Waals surface area contributed by atoms with E-state index in [1.54, 1.807) is 13.0 Å². The molecule has 0 aliphatic rings. The van der Waals surface area contributed by atoms with Crippen molar-refractivity contribution in [2.75, 3.05) is 0 Å². The van der Waals surface area contributed by atoms with Crippen LogP contribution in [-0.2, 0) is 0 Å². The molecule has 6 heteroatoms. The number of carbonyl (C=O) groups is 1. The van der Waals surface area contributed by atoms with Gasteiger partial charge in [0.05, 0.1) is 5.69 Å². The fraction of sp³-hybridized carbons (Fsp3) is 0.0833. The van der Waals surface area contributed by atoms with Gasteiger partial charge in [0.15, 0.2) is 0 Å². The van der Waals surface area contributed by atoms with Gasteiger partial charge in [-0.3, -0.25) is 4.79 Å². The van der Waals surface area contributed by atoms with E-state index in [4.69, 9.17) is 5.11 Å². The highest BCUT2D eigenvalue weighted by Crippen LogP contribution is 2.11. The van der Waals surface area contributed by atoms with Gasteiger partial charge in [-0.2, -0.15) is 5.10 Å². The van der Waals surface area contributed by atoms with Crippen LogP contribution in [0, 0.1) is 10.5 Å². The van der Waals surface area contributed by atoms with Gasteiger partial charge in [0, 0.05) is 15.3 Å². The van der Waals surface area contributed by atoms with Gasteiger partial charge >= 0.3 is 5.97 Å². The zero-order valence-electron chi connectivity index (χ0n) is 9.42. The number of aromatic carboxylic acids is 1. The van der Waals surface area contributed by atoms with Gasteiger partial charge in [0.1, 0.15) is 0 Å². The largest absolute Gasteiger partial charge is 0.476 e. The third kappa shape index (κ3) is 2.42. The molecule has 0 fully saturated rings. The number of aromatic nitrogens is 2. The Morgan fingerprint density at radius 3 is 2.78 bits per heavy atom. The summed E-state index contributed by atoms with van der Waals surface area (Å²) in [5, 5.41) is 12.8. The van der Waals surface area contributed by atoms with Crippen LogP contribution in [-0.4, -0.2) is 20.9 Å². The fourth-order valence-corrected chi connectivity index (χ4v) is 2.03. The van der Waals surface area contributed by atoms with Crippen LogP contribution in [0.3, 0.4) is 0 Å². The lowest BCUT2D eigenvalue weighted by Crippen LogP contribution is -2.23. The number of carboxylic acid groups (broad SMARTS) is 1. The molecule has 0 radical (unpaired) electrons. The molecule has 5 nitrogen and oxygen atoms in total. The number of nitrogens with zero attached hydrogens (tertiary/aromatic N) is 2. The molecule has 2 rings (SSSR count). The van der Waals surface area contributed by atoms with E-state index >= 15 is 0 Å². The van der Waals surface area contributed by atoms with Crippen LogP contribution < -0.4 is 5.43 Å². The third-order valence-corrected chi connectivity index (χ3v) is 3.04. The quantitative estimate of drug-likeness (QED) is 0.834. The highest BCUT2D eigenvalue weighted by atomic mass is 127. The van der Waals surface area contributed by atoms with Crippen molar-refractivity contribution in [2.24, 2.45) is 0 Å². The highest BCUT2D eigenvalue weighted by Gasteiger charge is 2.14. The van der Waals surface area contributed by atoms with Crippen LogP contribution in [0.4, 0.5) is 0 Å². The molecule has 0 amide bonds. The zero-order valence-corrected chi connectivity index (χ0v) is 11.6. The summed E-state index contributed by atoms with van der Waals surface area (Å²) < 4.78 is 2.41. The summed E-state index contributed by atoms with van der Waals surface area (Å²) in [7, 11) is 0. The molecule has 0 aliphatic heterocycles. The van der Waals surface area contributed by atoms with Crippen LogP contribution in [0.25, 0.3) is 5.69 Å². The minimum atomic E-state index is -1.32. The molecule has 0 saturated heterocycles. The minimum absolute atomic E-state index is 0.348. The van der Waals surface area contributed by atoms with E-state index in [2.05, 4.69) is 27.7 Å². The number of rotatable bonds is 2. The Bertz CT molecular complexity index is 679. The summed E-state index contributed by atoms with van der Waals surface area (Å²) in [6.45, 7) is 1.57. The molecular weight excluding hydrogens is 347 g/mol. The van der Waals surface area contributed by atoms with Crippen LogP contribution in [0.5, 0.6) is 0 Å². The number of benzene rings is 1. The van der Waals surface area contributed by atoms with Gasteiger partial charge in [-0.05, 0) is 47.7 Å². The van der Waals surface area contributed by atoms with E-state index in [0.717, 1.165) is 3.57 Å². The lowest BCUT2D eigenvalue weighted by molar-refractivity contribution is 0.0686. The summed E-state index contributed by atoms with van der Waals surface area (Å²) in [6, 6.07) is 7.40. The minimum Gasteiger partial charge on any atom is -0.476 e. The Balaban J connectivity index is 2.66. The highest BCUT2D eigenvalue weighted by molar-refractivity contribution is 14.1. The van der Waals surface area contributed by atoms with Crippen molar-refractivity contribution in [3.05, 3.63) is 55.5 Å². The van der Waals surface area contributed by atoms with Gasteiger partial charge in [-0.1, -0.05) is 6.07 Å². The van der Waals surface area contributed by atoms with Crippen molar-refractivity contribution >= 4 is 28.6 Å². The summed E-state index contributed by atoms with van der Waals surface area (Å²) >= 11 is 2.15. The van der Waals surface area contributed by atoms with Gasteiger partial charge in [-0.25, -0.2) is 9.48 Å². The molecular formula is C12H9IN2O3. The van der Waals surface area contributed by atoms with E-state index in [9.17, 15) is 9.59 Å². The van der Waals surface area contributed by atoms with Gasteiger partial charge < -0.3 is 5.11 Å². The first-order chi connectivity index (χ1) is 8.49. The van der Waals surface area contributed by atoms with Gasteiger partial charge in [0.25, 0.3) is 0 Å². The normalized spacial score (nSPS) is 10.3. The second-order valence-corrected chi connectivity index (χ2v) is 4.97. The molecule has 1 aromatic heterocycles. The second kappa shape index (κ2) is 4.89. The Morgan fingerprint density at radius 2 is 2.17 bits per heavy atom.